The number of carbonyl (C=O) groups excluding carboxylic acids is 1. The Labute approximate surface area is 166 Å². The van der Waals surface area contributed by atoms with Gasteiger partial charge in [-0.15, -0.1) is 0 Å². The molecule has 0 radical (unpaired) electrons. The predicted molar refractivity (Wildman–Crippen MR) is 107 cm³/mol. The maximum atomic E-state index is 13.0. The fraction of sp³-hybridized carbons (Fsp3) is 0.381. The lowest BCUT2D eigenvalue weighted by atomic mass is 10.1. The van der Waals surface area contributed by atoms with Gasteiger partial charge in [-0.25, -0.2) is 8.42 Å². The molecule has 1 saturated heterocycles. The molecule has 0 unspecified atom stereocenters. The molecule has 0 aromatic heterocycles. The van der Waals surface area contributed by atoms with Crippen LogP contribution in [0.4, 0.5) is 0 Å². The molecule has 1 aliphatic rings. The minimum Gasteiger partial charge on any atom is -0.379 e. The van der Waals surface area contributed by atoms with Crippen molar-refractivity contribution in [2.24, 2.45) is 0 Å². The SMILES string of the molecule is CCCN(Cc1ccccc1)C(=O)c1ccc(S(=O)(=O)N2CCOCC2)cc1. The van der Waals surface area contributed by atoms with Crippen molar-refractivity contribution in [1.82, 2.24) is 9.21 Å². The third-order valence-corrected chi connectivity index (χ3v) is 6.62. The van der Waals surface area contributed by atoms with E-state index < -0.39 is 10.0 Å². The molecule has 2 aromatic carbocycles. The van der Waals surface area contributed by atoms with Crippen LogP contribution in [-0.2, 0) is 21.3 Å². The standard InChI is InChI=1S/C21H26N2O4S/c1-2-12-22(17-18-6-4-3-5-7-18)21(24)19-8-10-20(11-9-19)28(25,26)23-13-15-27-16-14-23/h3-11H,2,12-17H2,1H3. The fourth-order valence-corrected chi connectivity index (χ4v) is 4.62. The van der Waals surface area contributed by atoms with E-state index in [0.29, 0.717) is 45.0 Å². The molecule has 0 N–H and O–H groups in total. The van der Waals surface area contributed by atoms with Gasteiger partial charge in [0.25, 0.3) is 5.91 Å². The predicted octanol–water partition coefficient (Wildman–Crippen LogP) is 2.76. The van der Waals surface area contributed by atoms with Gasteiger partial charge >= 0.3 is 0 Å². The first kappa shape index (κ1) is 20.5. The second kappa shape index (κ2) is 9.32. The van der Waals surface area contributed by atoms with E-state index in [-0.39, 0.29) is 10.8 Å². The molecule has 2 aromatic rings. The second-order valence-electron chi connectivity index (χ2n) is 6.75. The van der Waals surface area contributed by atoms with Crippen LogP contribution in [0.15, 0.2) is 59.5 Å². The minimum absolute atomic E-state index is 0.0963. The van der Waals surface area contributed by atoms with Gasteiger partial charge in [0.15, 0.2) is 0 Å². The van der Waals surface area contributed by atoms with E-state index in [0.717, 1.165) is 12.0 Å². The molecular formula is C21H26N2O4S. The molecule has 1 amide bonds. The Bertz CT molecular complexity index is 876. The van der Waals surface area contributed by atoms with Crippen molar-refractivity contribution in [2.75, 3.05) is 32.8 Å². The highest BCUT2D eigenvalue weighted by Gasteiger charge is 2.26. The van der Waals surface area contributed by atoms with Gasteiger partial charge in [0.2, 0.25) is 10.0 Å². The van der Waals surface area contributed by atoms with E-state index in [4.69, 9.17) is 4.74 Å². The highest BCUT2D eigenvalue weighted by atomic mass is 32.2. The Morgan fingerprint density at radius 1 is 1.04 bits per heavy atom. The van der Waals surface area contributed by atoms with Crippen molar-refractivity contribution < 1.29 is 17.9 Å². The first-order valence-electron chi connectivity index (χ1n) is 9.53. The van der Waals surface area contributed by atoms with Gasteiger partial charge in [-0.05, 0) is 36.2 Å². The Kier molecular flexibility index (Phi) is 6.83. The summed E-state index contributed by atoms with van der Waals surface area (Å²) in [4.78, 5) is 14.9. The third kappa shape index (κ3) is 4.79. The van der Waals surface area contributed by atoms with Crippen LogP contribution in [0, 0.1) is 0 Å². The number of hydrogen-bond donors (Lipinski definition) is 0. The fourth-order valence-electron chi connectivity index (χ4n) is 3.21. The van der Waals surface area contributed by atoms with Crippen LogP contribution >= 0.6 is 0 Å². The summed E-state index contributed by atoms with van der Waals surface area (Å²) in [6, 6.07) is 16.1. The van der Waals surface area contributed by atoms with Crippen molar-refractivity contribution in [2.45, 2.75) is 24.8 Å². The number of sulfonamides is 1. The monoisotopic (exact) mass is 402 g/mol. The second-order valence-corrected chi connectivity index (χ2v) is 8.69. The number of benzene rings is 2. The Morgan fingerprint density at radius 2 is 1.68 bits per heavy atom. The first-order chi connectivity index (χ1) is 13.5. The van der Waals surface area contributed by atoms with Gasteiger partial charge in [0, 0.05) is 31.7 Å². The molecule has 6 nitrogen and oxygen atoms in total. The van der Waals surface area contributed by atoms with Gasteiger partial charge in [-0.2, -0.15) is 4.31 Å². The molecular weight excluding hydrogens is 376 g/mol. The Morgan fingerprint density at radius 3 is 2.29 bits per heavy atom. The van der Waals surface area contributed by atoms with Gasteiger partial charge in [0.1, 0.15) is 0 Å². The highest BCUT2D eigenvalue weighted by molar-refractivity contribution is 7.89. The zero-order valence-electron chi connectivity index (χ0n) is 16.1. The van der Waals surface area contributed by atoms with Gasteiger partial charge in [0.05, 0.1) is 18.1 Å². The topological polar surface area (TPSA) is 66.9 Å². The van der Waals surface area contributed by atoms with E-state index in [9.17, 15) is 13.2 Å². The van der Waals surface area contributed by atoms with Crippen LogP contribution < -0.4 is 0 Å². The number of morpholine rings is 1. The molecule has 150 valence electrons. The summed E-state index contributed by atoms with van der Waals surface area (Å²) < 4.78 is 32.1. The minimum atomic E-state index is -3.56. The van der Waals surface area contributed by atoms with Gasteiger partial charge < -0.3 is 9.64 Å². The van der Waals surface area contributed by atoms with Crippen molar-refractivity contribution in [3.05, 3.63) is 65.7 Å². The van der Waals surface area contributed by atoms with Crippen molar-refractivity contribution in [1.29, 1.82) is 0 Å². The molecule has 1 fully saturated rings. The van der Waals surface area contributed by atoms with Crippen molar-refractivity contribution in [3.8, 4) is 0 Å². The number of carbonyl (C=O) groups is 1. The summed E-state index contributed by atoms with van der Waals surface area (Å²) in [5.74, 6) is -0.0963. The largest absolute Gasteiger partial charge is 0.379 e. The van der Waals surface area contributed by atoms with Crippen LogP contribution in [0.25, 0.3) is 0 Å². The molecule has 28 heavy (non-hydrogen) atoms. The summed E-state index contributed by atoms with van der Waals surface area (Å²) in [6.07, 6.45) is 0.849. The summed E-state index contributed by atoms with van der Waals surface area (Å²) >= 11 is 0. The maximum absolute atomic E-state index is 13.0. The molecule has 0 saturated carbocycles. The van der Waals surface area contributed by atoms with Gasteiger partial charge in [-0.3, -0.25) is 4.79 Å². The normalized spacial score (nSPS) is 15.3. The maximum Gasteiger partial charge on any atom is 0.254 e. The molecule has 3 rings (SSSR count). The Hall–Kier alpha value is -2.22. The van der Waals surface area contributed by atoms with E-state index in [1.54, 1.807) is 17.0 Å². The van der Waals surface area contributed by atoms with Crippen LogP contribution in [0.1, 0.15) is 29.3 Å². The third-order valence-electron chi connectivity index (χ3n) is 4.71. The summed E-state index contributed by atoms with van der Waals surface area (Å²) in [7, 11) is -3.56. The molecule has 0 atom stereocenters. The van der Waals surface area contributed by atoms with E-state index in [2.05, 4.69) is 0 Å². The average Bonchev–Trinajstić information content (AvgIpc) is 2.74. The number of rotatable bonds is 7. The lowest BCUT2D eigenvalue weighted by Gasteiger charge is -2.26. The van der Waals surface area contributed by atoms with Crippen LogP contribution in [0.5, 0.6) is 0 Å². The van der Waals surface area contributed by atoms with Crippen molar-refractivity contribution in [3.63, 3.8) is 0 Å². The summed E-state index contributed by atoms with van der Waals surface area (Å²) in [5.41, 5.74) is 1.56. The first-order valence-corrected chi connectivity index (χ1v) is 11.0. The quantitative estimate of drug-likeness (QED) is 0.714. The summed E-state index contributed by atoms with van der Waals surface area (Å²) in [5, 5.41) is 0. The number of hydrogen-bond acceptors (Lipinski definition) is 4. The smallest absolute Gasteiger partial charge is 0.254 e. The van der Waals surface area contributed by atoms with Crippen LogP contribution in [-0.4, -0.2) is 56.4 Å². The number of ether oxygens (including phenoxy) is 1. The molecule has 7 heteroatoms. The van der Waals surface area contributed by atoms with Gasteiger partial charge in [-0.1, -0.05) is 37.3 Å². The molecule has 0 spiro atoms. The van der Waals surface area contributed by atoms with E-state index in [1.807, 2.05) is 37.3 Å². The van der Waals surface area contributed by atoms with E-state index >= 15 is 0 Å². The molecule has 1 heterocycles. The number of amides is 1. The highest BCUT2D eigenvalue weighted by Crippen LogP contribution is 2.19. The summed E-state index contributed by atoms with van der Waals surface area (Å²) in [6.45, 7) is 4.71. The van der Waals surface area contributed by atoms with Crippen LogP contribution in [0.3, 0.4) is 0 Å². The zero-order valence-corrected chi connectivity index (χ0v) is 16.9. The molecule has 0 bridgehead atoms. The lowest BCUT2D eigenvalue weighted by molar-refractivity contribution is 0.0730. The number of nitrogens with zero attached hydrogens (tertiary/aromatic N) is 2. The molecule has 0 aliphatic carbocycles. The van der Waals surface area contributed by atoms with Crippen molar-refractivity contribution >= 4 is 15.9 Å². The lowest BCUT2D eigenvalue weighted by Crippen LogP contribution is -2.40. The van der Waals surface area contributed by atoms with Crippen LogP contribution in [0.2, 0.25) is 0 Å². The molecule has 1 aliphatic heterocycles. The average molecular weight is 403 g/mol. The zero-order chi connectivity index (χ0) is 20.0. The van der Waals surface area contributed by atoms with E-state index in [1.165, 1.54) is 16.4 Å². The Balaban J connectivity index is 1.76.